The zero-order valence-electron chi connectivity index (χ0n) is 44.2. The Kier molecular flexibility index (Phi) is 54.1. The van der Waals surface area contributed by atoms with Gasteiger partial charge in [-0.25, -0.2) is 0 Å². The van der Waals surface area contributed by atoms with Gasteiger partial charge < -0.3 is 20.3 Å². The quantitative estimate of drug-likeness (QED) is 0.0321. The summed E-state index contributed by atoms with van der Waals surface area (Å²) in [6, 6.07) is -0.632. The Morgan fingerprint density at radius 1 is 0.409 bits per heavy atom. The van der Waals surface area contributed by atoms with Gasteiger partial charge >= 0.3 is 5.97 Å². The van der Waals surface area contributed by atoms with E-state index in [2.05, 4.69) is 43.5 Å². The third-order valence-corrected chi connectivity index (χ3v) is 13.4. The molecule has 0 aliphatic carbocycles. The van der Waals surface area contributed by atoms with Crippen molar-refractivity contribution in [1.82, 2.24) is 5.32 Å². The van der Waals surface area contributed by atoms with Gasteiger partial charge in [-0.3, -0.25) is 9.59 Å². The number of allylic oxidation sites excluding steroid dienone is 5. The van der Waals surface area contributed by atoms with Gasteiger partial charge in [0.25, 0.3) is 0 Å². The van der Waals surface area contributed by atoms with Crippen LogP contribution in [0.1, 0.15) is 309 Å². The van der Waals surface area contributed by atoms with Crippen LogP contribution in [-0.2, 0) is 14.3 Å². The predicted octanol–water partition coefficient (Wildman–Crippen LogP) is 18.0. The molecule has 2 unspecified atom stereocenters. The number of aliphatic hydroxyl groups is 2. The number of nitrogens with one attached hydrogen (secondary N) is 1. The summed E-state index contributed by atoms with van der Waals surface area (Å²) in [4.78, 5) is 24.4. The van der Waals surface area contributed by atoms with E-state index in [9.17, 15) is 19.8 Å². The maximum Gasteiger partial charge on any atom is 0.305 e. The Bertz CT molecular complexity index is 1070. The Labute approximate surface area is 411 Å². The summed E-state index contributed by atoms with van der Waals surface area (Å²) >= 11 is 0. The van der Waals surface area contributed by atoms with E-state index in [-0.39, 0.29) is 18.5 Å². The van der Waals surface area contributed by atoms with Crippen molar-refractivity contribution in [2.45, 2.75) is 321 Å². The molecule has 66 heavy (non-hydrogen) atoms. The van der Waals surface area contributed by atoms with E-state index in [0.29, 0.717) is 19.4 Å². The molecule has 0 aromatic carbocycles. The SMILES string of the molecule is CCCCC/C=C\CCCCCCCC(=O)OCCCCCCCCCCCCCC/C=C\CCCCCCCCCC(=O)NC(CO)C(O)/C=C/CCCCCCCCCCCCCC. The summed E-state index contributed by atoms with van der Waals surface area (Å²) in [6.45, 7) is 4.88. The topological polar surface area (TPSA) is 95.9 Å². The molecule has 0 aliphatic rings. The number of rotatable bonds is 54. The Hall–Kier alpha value is -1.92. The number of amides is 1. The number of unbranched alkanes of at least 4 members (excludes halogenated alkanes) is 39. The Morgan fingerprint density at radius 3 is 1.11 bits per heavy atom. The molecule has 6 heteroatoms. The monoisotopic (exact) mass is 928 g/mol. The van der Waals surface area contributed by atoms with Crippen LogP contribution in [0.3, 0.4) is 0 Å². The van der Waals surface area contributed by atoms with Gasteiger partial charge in [0.2, 0.25) is 5.91 Å². The molecule has 388 valence electrons. The minimum Gasteiger partial charge on any atom is -0.466 e. The van der Waals surface area contributed by atoms with Crippen molar-refractivity contribution in [3.63, 3.8) is 0 Å². The number of ether oxygens (including phenoxy) is 1. The molecule has 0 rings (SSSR count). The minimum absolute atomic E-state index is 0.000537. The van der Waals surface area contributed by atoms with Gasteiger partial charge in [-0.05, 0) is 83.5 Å². The van der Waals surface area contributed by atoms with E-state index >= 15 is 0 Å². The third kappa shape index (κ3) is 51.5. The van der Waals surface area contributed by atoms with Crippen LogP contribution in [0.5, 0.6) is 0 Å². The lowest BCUT2D eigenvalue weighted by Gasteiger charge is -2.20. The van der Waals surface area contributed by atoms with Crippen LogP contribution in [0, 0.1) is 0 Å². The largest absolute Gasteiger partial charge is 0.466 e. The molecule has 1 amide bonds. The summed E-state index contributed by atoms with van der Waals surface area (Å²) in [6.07, 6.45) is 68.8. The highest BCUT2D eigenvalue weighted by molar-refractivity contribution is 5.76. The van der Waals surface area contributed by atoms with Crippen LogP contribution in [0.4, 0.5) is 0 Å². The first-order valence-corrected chi connectivity index (χ1v) is 29.3. The van der Waals surface area contributed by atoms with Crippen molar-refractivity contribution in [2.24, 2.45) is 0 Å². The molecule has 0 bridgehead atoms. The number of carbonyl (C=O) groups is 2. The molecule has 0 radical (unpaired) electrons. The molecule has 0 heterocycles. The molecule has 3 N–H and O–H groups in total. The van der Waals surface area contributed by atoms with Crippen molar-refractivity contribution in [1.29, 1.82) is 0 Å². The highest BCUT2D eigenvalue weighted by Crippen LogP contribution is 2.16. The van der Waals surface area contributed by atoms with E-state index in [1.807, 2.05) is 6.08 Å². The fourth-order valence-corrected chi connectivity index (χ4v) is 8.86. The third-order valence-electron chi connectivity index (χ3n) is 13.4. The first-order valence-electron chi connectivity index (χ1n) is 29.3. The van der Waals surface area contributed by atoms with Gasteiger partial charge in [0.15, 0.2) is 0 Å². The second-order valence-electron chi connectivity index (χ2n) is 20.0. The van der Waals surface area contributed by atoms with E-state index < -0.39 is 12.1 Å². The van der Waals surface area contributed by atoms with Gasteiger partial charge in [0, 0.05) is 12.8 Å². The number of hydrogen-bond acceptors (Lipinski definition) is 5. The average Bonchev–Trinajstić information content (AvgIpc) is 3.32. The highest BCUT2D eigenvalue weighted by Gasteiger charge is 2.18. The standard InChI is InChI=1S/C60H113NO5/c1-3-5-7-9-11-13-15-17-29-32-36-40-44-48-52-58(63)57(56-62)61-59(64)53-49-45-41-37-33-30-27-25-23-21-19-18-20-22-24-26-28-31-35-39-43-47-51-55-66-60(65)54-50-46-42-38-34-16-14-12-10-8-6-4-2/h12,14,21,23,48,52,57-58,62-63H,3-11,13,15-20,22,24-47,49-51,53-56H2,1-2H3,(H,61,64)/b14-12-,23-21-,52-48+. The lowest BCUT2D eigenvalue weighted by molar-refractivity contribution is -0.143. The molecular weight excluding hydrogens is 815 g/mol. The van der Waals surface area contributed by atoms with E-state index in [1.54, 1.807) is 6.08 Å². The van der Waals surface area contributed by atoms with Gasteiger partial charge in [-0.1, -0.05) is 249 Å². The lowest BCUT2D eigenvalue weighted by atomic mass is 10.0. The second kappa shape index (κ2) is 55.7. The summed E-state index contributed by atoms with van der Waals surface area (Å²) in [7, 11) is 0. The fraction of sp³-hybridized carbons (Fsp3) is 0.867. The molecule has 2 atom stereocenters. The first-order chi connectivity index (χ1) is 32.5. The summed E-state index contributed by atoms with van der Waals surface area (Å²) < 4.78 is 5.46. The van der Waals surface area contributed by atoms with Crippen LogP contribution in [0.15, 0.2) is 36.5 Å². The van der Waals surface area contributed by atoms with Crippen molar-refractivity contribution in [3.8, 4) is 0 Å². The molecule has 0 aromatic rings. The van der Waals surface area contributed by atoms with E-state index in [4.69, 9.17) is 4.74 Å². The van der Waals surface area contributed by atoms with Gasteiger partial charge in [-0.15, -0.1) is 0 Å². The van der Waals surface area contributed by atoms with Crippen molar-refractivity contribution in [3.05, 3.63) is 36.5 Å². The minimum atomic E-state index is -0.848. The Morgan fingerprint density at radius 2 is 0.712 bits per heavy atom. The van der Waals surface area contributed by atoms with Crippen molar-refractivity contribution >= 4 is 11.9 Å². The zero-order chi connectivity index (χ0) is 47.9. The second-order valence-corrected chi connectivity index (χ2v) is 20.0. The van der Waals surface area contributed by atoms with Gasteiger partial charge in [0.05, 0.1) is 25.4 Å². The number of hydrogen-bond donors (Lipinski definition) is 3. The molecular formula is C60H113NO5. The smallest absolute Gasteiger partial charge is 0.305 e. The molecule has 0 saturated carbocycles. The molecule has 0 spiro atoms. The lowest BCUT2D eigenvalue weighted by Crippen LogP contribution is -2.45. The summed E-state index contributed by atoms with van der Waals surface area (Å²) in [5, 5.41) is 23.1. The fourth-order valence-electron chi connectivity index (χ4n) is 8.86. The maximum atomic E-state index is 12.4. The predicted molar refractivity (Wildman–Crippen MR) is 287 cm³/mol. The van der Waals surface area contributed by atoms with E-state index in [1.165, 1.54) is 231 Å². The molecule has 0 aliphatic heterocycles. The molecule has 0 fully saturated rings. The van der Waals surface area contributed by atoms with Gasteiger partial charge in [0.1, 0.15) is 0 Å². The van der Waals surface area contributed by atoms with Crippen LogP contribution in [0.2, 0.25) is 0 Å². The average molecular weight is 929 g/mol. The zero-order valence-corrected chi connectivity index (χ0v) is 44.2. The maximum absolute atomic E-state index is 12.4. The number of carbonyl (C=O) groups excluding carboxylic acids is 2. The van der Waals surface area contributed by atoms with Crippen LogP contribution in [-0.4, -0.2) is 47.4 Å². The van der Waals surface area contributed by atoms with Crippen LogP contribution >= 0.6 is 0 Å². The number of esters is 1. The van der Waals surface area contributed by atoms with E-state index in [0.717, 1.165) is 51.4 Å². The molecule has 0 aromatic heterocycles. The van der Waals surface area contributed by atoms with Crippen LogP contribution < -0.4 is 5.32 Å². The normalized spacial score (nSPS) is 12.8. The van der Waals surface area contributed by atoms with Gasteiger partial charge in [-0.2, -0.15) is 0 Å². The highest BCUT2D eigenvalue weighted by atomic mass is 16.5. The molecule has 0 saturated heterocycles. The van der Waals surface area contributed by atoms with Crippen molar-refractivity contribution < 1.29 is 24.5 Å². The summed E-state index contributed by atoms with van der Waals surface area (Å²) in [5.74, 6) is -0.0736. The number of aliphatic hydroxyl groups excluding tert-OH is 2. The van der Waals surface area contributed by atoms with Crippen LogP contribution in [0.25, 0.3) is 0 Å². The van der Waals surface area contributed by atoms with Crippen molar-refractivity contribution in [2.75, 3.05) is 13.2 Å². The Balaban J connectivity index is 3.44. The first kappa shape index (κ1) is 64.1. The summed E-state index contributed by atoms with van der Waals surface area (Å²) in [5.41, 5.74) is 0. The molecule has 6 nitrogen and oxygen atoms in total.